The average Bonchev–Trinajstić information content (AvgIpc) is 3.32. The molecule has 0 spiro atoms. The number of aromatic nitrogens is 3. The Morgan fingerprint density at radius 3 is 2.75 bits per heavy atom. The summed E-state index contributed by atoms with van der Waals surface area (Å²) in [5, 5.41) is 5.33. The minimum Gasteiger partial charge on any atom is -0.486 e. The van der Waals surface area contributed by atoms with Gasteiger partial charge in [-0.3, -0.25) is 0 Å². The number of hydrogen-bond donors (Lipinski definition) is 0. The van der Waals surface area contributed by atoms with Crippen LogP contribution in [0.1, 0.15) is 10.6 Å². The second-order valence-electron chi connectivity index (χ2n) is 6.66. The van der Waals surface area contributed by atoms with Crippen LogP contribution in [-0.4, -0.2) is 39.8 Å². The van der Waals surface area contributed by atoms with E-state index in [-0.39, 0.29) is 6.03 Å². The zero-order valence-corrected chi connectivity index (χ0v) is 16.7. The maximum atomic E-state index is 12.0. The number of carbonyl (C=O) groups is 1. The van der Waals surface area contributed by atoms with Gasteiger partial charge in [-0.05, 0) is 48.9 Å². The fraction of sp³-hybridized carbons (Fsp3) is 0.190. The van der Waals surface area contributed by atoms with E-state index in [1.54, 1.807) is 31.6 Å². The van der Waals surface area contributed by atoms with Gasteiger partial charge in [0.1, 0.15) is 17.4 Å². The monoisotopic (exact) mass is 392 g/mol. The van der Waals surface area contributed by atoms with E-state index in [1.807, 2.05) is 49.4 Å². The van der Waals surface area contributed by atoms with Crippen molar-refractivity contribution in [2.24, 2.45) is 0 Å². The summed E-state index contributed by atoms with van der Waals surface area (Å²) in [6.45, 7) is 2.44. The van der Waals surface area contributed by atoms with Crippen molar-refractivity contribution in [3.63, 3.8) is 0 Å². The highest BCUT2D eigenvalue weighted by atomic mass is 32.1. The molecule has 0 N–H and O–H groups in total. The Labute approximate surface area is 167 Å². The second-order valence-corrected chi connectivity index (χ2v) is 7.78. The quantitative estimate of drug-likeness (QED) is 0.510. The molecule has 0 aliphatic rings. The van der Waals surface area contributed by atoms with Gasteiger partial charge in [-0.25, -0.2) is 9.78 Å². The summed E-state index contributed by atoms with van der Waals surface area (Å²) in [7, 11) is 3.40. The lowest BCUT2D eigenvalue weighted by atomic mass is 10.1. The predicted molar refractivity (Wildman–Crippen MR) is 111 cm³/mol. The molecule has 0 radical (unpaired) electrons. The summed E-state index contributed by atoms with van der Waals surface area (Å²) in [4.78, 5) is 18.1. The molecule has 0 saturated carbocycles. The third-order valence-corrected chi connectivity index (χ3v) is 5.35. The van der Waals surface area contributed by atoms with E-state index in [4.69, 9.17) is 4.74 Å². The Kier molecular flexibility index (Phi) is 4.83. The van der Waals surface area contributed by atoms with Crippen molar-refractivity contribution in [3.8, 4) is 17.0 Å². The standard InChI is InChI=1S/C21H20N4O2S/c1-14-12-15(27-13-20-22-18-6-4-5-7-19(18)28-20)8-9-16(14)17-10-11-25(23-17)21(26)24(2)3/h4-12H,13H2,1-3H3. The summed E-state index contributed by atoms with van der Waals surface area (Å²) in [5.41, 5.74) is 3.76. The van der Waals surface area contributed by atoms with Gasteiger partial charge in [-0.2, -0.15) is 9.78 Å². The summed E-state index contributed by atoms with van der Waals surface area (Å²) >= 11 is 1.64. The van der Waals surface area contributed by atoms with Crippen LogP contribution in [-0.2, 0) is 6.61 Å². The molecule has 4 rings (SSSR count). The number of amides is 1. The molecule has 2 aromatic heterocycles. The highest BCUT2D eigenvalue weighted by molar-refractivity contribution is 7.18. The van der Waals surface area contributed by atoms with Crippen LogP contribution in [0.2, 0.25) is 0 Å². The maximum Gasteiger partial charge on any atom is 0.344 e. The third kappa shape index (κ3) is 3.61. The Balaban J connectivity index is 1.49. The SMILES string of the molecule is Cc1cc(OCc2nc3ccccc3s2)ccc1-c1ccn(C(=O)N(C)C)n1. The number of nitrogens with zero attached hydrogens (tertiary/aromatic N) is 4. The van der Waals surface area contributed by atoms with E-state index in [2.05, 4.69) is 16.1 Å². The third-order valence-electron chi connectivity index (χ3n) is 4.34. The minimum absolute atomic E-state index is 0.181. The first-order valence-corrected chi connectivity index (χ1v) is 9.68. The number of carbonyl (C=O) groups excluding carboxylic acids is 1. The molecule has 0 bridgehead atoms. The van der Waals surface area contributed by atoms with Crippen molar-refractivity contribution in [3.05, 3.63) is 65.3 Å². The lowest BCUT2D eigenvalue weighted by molar-refractivity contribution is 0.216. The Hall–Kier alpha value is -3.19. The normalized spacial score (nSPS) is 11.0. The Bertz CT molecular complexity index is 1110. The molecule has 7 heteroatoms. The van der Waals surface area contributed by atoms with Crippen LogP contribution in [0.5, 0.6) is 5.75 Å². The lowest BCUT2D eigenvalue weighted by Gasteiger charge is -2.10. The van der Waals surface area contributed by atoms with Gasteiger partial charge in [-0.1, -0.05) is 12.1 Å². The first kappa shape index (κ1) is 18.2. The molecule has 6 nitrogen and oxygen atoms in total. The van der Waals surface area contributed by atoms with E-state index in [1.165, 1.54) is 9.58 Å². The van der Waals surface area contributed by atoms with Crippen molar-refractivity contribution in [1.82, 2.24) is 19.7 Å². The number of fused-ring (bicyclic) bond motifs is 1. The molecule has 4 aromatic rings. The molecule has 0 aliphatic carbocycles. The Morgan fingerprint density at radius 2 is 2.00 bits per heavy atom. The van der Waals surface area contributed by atoms with Crippen molar-refractivity contribution in [2.75, 3.05) is 14.1 Å². The van der Waals surface area contributed by atoms with Crippen LogP contribution < -0.4 is 4.74 Å². The van der Waals surface area contributed by atoms with Gasteiger partial charge in [0, 0.05) is 25.9 Å². The molecule has 2 heterocycles. The molecular weight excluding hydrogens is 372 g/mol. The molecule has 0 atom stereocenters. The summed E-state index contributed by atoms with van der Waals surface area (Å²) in [6.07, 6.45) is 1.68. The average molecular weight is 392 g/mol. The van der Waals surface area contributed by atoms with Crippen LogP contribution in [0.3, 0.4) is 0 Å². The summed E-state index contributed by atoms with van der Waals surface area (Å²) in [6, 6.07) is 15.6. The fourth-order valence-electron chi connectivity index (χ4n) is 2.92. The van der Waals surface area contributed by atoms with Crippen LogP contribution in [0.15, 0.2) is 54.7 Å². The number of benzene rings is 2. The number of para-hydroxylation sites is 1. The van der Waals surface area contributed by atoms with Crippen LogP contribution in [0.4, 0.5) is 4.79 Å². The first-order valence-electron chi connectivity index (χ1n) is 8.87. The molecule has 1 amide bonds. The number of thiazole rings is 1. The number of rotatable bonds is 4. The number of ether oxygens (including phenoxy) is 1. The van der Waals surface area contributed by atoms with Gasteiger partial charge in [0.05, 0.1) is 15.9 Å². The highest BCUT2D eigenvalue weighted by Crippen LogP contribution is 2.27. The highest BCUT2D eigenvalue weighted by Gasteiger charge is 2.12. The zero-order valence-electron chi connectivity index (χ0n) is 15.9. The molecule has 142 valence electrons. The molecule has 0 aliphatic heterocycles. The molecule has 28 heavy (non-hydrogen) atoms. The summed E-state index contributed by atoms with van der Waals surface area (Å²) < 4.78 is 8.43. The van der Waals surface area contributed by atoms with Gasteiger partial charge in [0.25, 0.3) is 0 Å². The van der Waals surface area contributed by atoms with Gasteiger partial charge >= 0.3 is 6.03 Å². The number of hydrogen-bond acceptors (Lipinski definition) is 5. The van der Waals surface area contributed by atoms with Crippen LogP contribution in [0, 0.1) is 6.92 Å². The molecular formula is C21H20N4O2S. The number of aryl methyl sites for hydroxylation is 1. The largest absolute Gasteiger partial charge is 0.486 e. The topological polar surface area (TPSA) is 60.3 Å². The minimum atomic E-state index is -0.181. The first-order chi connectivity index (χ1) is 13.5. The van der Waals surface area contributed by atoms with Crippen molar-refractivity contribution >= 4 is 27.6 Å². The molecule has 0 unspecified atom stereocenters. The van der Waals surface area contributed by atoms with Crippen molar-refractivity contribution < 1.29 is 9.53 Å². The van der Waals surface area contributed by atoms with Crippen molar-refractivity contribution in [1.29, 1.82) is 0 Å². The van der Waals surface area contributed by atoms with Crippen LogP contribution in [0.25, 0.3) is 21.5 Å². The van der Waals surface area contributed by atoms with Gasteiger partial charge in [0.2, 0.25) is 0 Å². The summed E-state index contributed by atoms with van der Waals surface area (Å²) in [5.74, 6) is 0.782. The van der Waals surface area contributed by atoms with E-state index in [0.29, 0.717) is 6.61 Å². The van der Waals surface area contributed by atoms with E-state index < -0.39 is 0 Å². The molecule has 2 aromatic carbocycles. The zero-order chi connectivity index (χ0) is 19.7. The molecule has 0 saturated heterocycles. The van der Waals surface area contributed by atoms with E-state index in [9.17, 15) is 4.79 Å². The van der Waals surface area contributed by atoms with E-state index >= 15 is 0 Å². The van der Waals surface area contributed by atoms with Gasteiger partial charge in [0.15, 0.2) is 0 Å². The second kappa shape index (κ2) is 7.44. The smallest absolute Gasteiger partial charge is 0.344 e. The Morgan fingerprint density at radius 1 is 1.18 bits per heavy atom. The predicted octanol–water partition coefficient (Wildman–Crippen LogP) is 4.58. The van der Waals surface area contributed by atoms with Crippen LogP contribution >= 0.6 is 11.3 Å². The van der Waals surface area contributed by atoms with Gasteiger partial charge in [-0.15, -0.1) is 11.3 Å². The van der Waals surface area contributed by atoms with Gasteiger partial charge < -0.3 is 9.64 Å². The fourth-order valence-corrected chi connectivity index (χ4v) is 3.80. The van der Waals surface area contributed by atoms with Crippen molar-refractivity contribution in [2.45, 2.75) is 13.5 Å². The maximum absolute atomic E-state index is 12.0. The molecule has 0 fully saturated rings. The lowest BCUT2D eigenvalue weighted by Crippen LogP contribution is -2.27. The van der Waals surface area contributed by atoms with E-state index in [0.717, 1.165) is 37.8 Å².